The van der Waals surface area contributed by atoms with E-state index in [-0.39, 0.29) is 5.56 Å². The van der Waals surface area contributed by atoms with E-state index in [2.05, 4.69) is 0 Å². The van der Waals surface area contributed by atoms with Crippen LogP contribution in [0.15, 0.2) is 12.1 Å². The van der Waals surface area contributed by atoms with Gasteiger partial charge in [0, 0.05) is 0 Å². The van der Waals surface area contributed by atoms with Crippen molar-refractivity contribution in [3.63, 3.8) is 0 Å². The first kappa shape index (κ1) is 13.3. The van der Waals surface area contributed by atoms with Crippen molar-refractivity contribution in [3.05, 3.63) is 29.3 Å². The van der Waals surface area contributed by atoms with Gasteiger partial charge in [-0.25, -0.2) is 4.39 Å². The number of aliphatic hydroxyl groups is 2. The summed E-state index contributed by atoms with van der Waals surface area (Å²) in [5, 5.41) is 36.1. The molecule has 0 aliphatic heterocycles. The van der Waals surface area contributed by atoms with Crippen LogP contribution in [0.3, 0.4) is 0 Å². The molecular weight excluding hydrogens is 238 g/mol. The largest absolute Gasteiger partial charge is 0.505 e. The van der Waals surface area contributed by atoms with E-state index in [0.717, 1.165) is 0 Å². The molecule has 0 heterocycles. The number of aliphatic hydroxyl groups excluding tert-OH is 2. The highest BCUT2D eigenvalue weighted by atomic mass is 19.2. The number of benzene rings is 1. The summed E-state index contributed by atoms with van der Waals surface area (Å²) in [6.45, 7) is 0. The predicted molar refractivity (Wildman–Crippen MR) is 51.2 cm³/mol. The van der Waals surface area contributed by atoms with E-state index in [1.54, 1.807) is 0 Å². The fourth-order valence-corrected chi connectivity index (χ4v) is 1.28. The first-order valence-electron chi connectivity index (χ1n) is 4.58. The first-order valence-corrected chi connectivity index (χ1v) is 4.58. The Labute approximate surface area is 94.6 Å². The molecule has 0 aromatic heterocycles. The van der Waals surface area contributed by atoms with Gasteiger partial charge in [0.15, 0.2) is 17.4 Å². The zero-order chi connectivity index (χ0) is 13.2. The van der Waals surface area contributed by atoms with E-state index < -0.39 is 42.0 Å². The van der Waals surface area contributed by atoms with Gasteiger partial charge in [-0.2, -0.15) is 4.39 Å². The minimum atomic E-state index is -1.73. The predicted octanol–water partition coefficient (Wildman–Crippen LogP) is 0.539. The van der Waals surface area contributed by atoms with E-state index in [4.69, 9.17) is 10.2 Å². The molecule has 1 aromatic carbocycles. The molecule has 17 heavy (non-hydrogen) atoms. The van der Waals surface area contributed by atoms with Crippen molar-refractivity contribution in [2.75, 3.05) is 0 Å². The smallest absolute Gasteiger partial charge is 0.306 e. The molecule has 5 nitrogen and oxygen atoms in total. The van der Waals surface area contributed by atoms with E-state index in [0.29, 0.717) is 12.1 Å². The number of phenolic OH excluding ortho intramolecular Hbond substituents is 1. The van der Waals surface area contributed by atoms with Crippen molar-refractivity contribution < 1.29 is 34.0 Å². The second-order valence-electron chi connectivity index (χ2n) is 3.45. The summed E-state index contributed by atoms with van der Waals surface area (Å²) in [4.78, 5) is 10.3. The Morgan fingerprint density at radius 2 is 1.88 bits per heavy atom. The molecule has 0 saturated heterocycles. The van der Waals surface area contributed by atoms with Gasteiger partial charge in [0.2, 0.25) is 0 Å². The van der Waals surface area contributed by atoms with Gasteiger partial charge >= 0.3 is 5.97 Å². The highest BCUT2D eigenvalue weighted by Crippen LogP contribution is 2.26. The second kappa shape index (κ2) is 5.07. The summed E-state index contributed by atoms with van der Waals surface area (Å²) in [5.74, 6) is -5.26. The van der Waals surface area contributed by atoms with Crippen LogP contribution in [0.5, 0.6) is 5.75 Å². The molecular formula is C10H10F2O5. The van der Waals surface area contributed by atoms with E-state index in [1.165, 1.54) is 0 Å². The molecule has 0 saturated carbocycles. The zero-order valence-electron chi connectivity index (χ0n) is 8.47. The van der Waals surface area contributed by atoms with E-state index in [9.17, 15) is 23.8 Å². The minimum absolute atomic E-state index is 0.310. The average Bonchev–Trinajstić information content (AvgIpc) is 2.23. The van der Waals surface area contributed by atoms with Crippen molar-refractivity contribution in [2.45, 2.75) is 18.6 Å². The standard InChI is InChI=1S/C10H10F2O5/c11-5-1-4(2-6(13)9(5)12)10(17)7(14)3-8(15)16/h1-2,7,10,13-14,17H,3H2,(H,15,16). The molecule has 0 aliphatic rings. The third-order valence-electron chi connectivity index (χ3n) is 2.12. The molecule has 2 unspecified atom stereocenters. The molecule has 7 heteroatoms. The summed E-state index contributed by atoms with van der Waals surface area (Å²) in [7, 11) is 0. The van der Waals surface area contributed by atoms with Gasteiger partial charge in [-0.1, -0.05) is 0 Å². The SMILES string of the molecule is O=C(O)CC(O)C(O)c1cc(O)c(F)c(F)c1. The fourth-order valence-electron chi connectivity index (χ4n) is 1.28. The lowest BCUT2D eigenvalue weighted by Crippen LogP contribution is -2.21. The van der Waals surface area contributed by atoms with Crippen LogP contribution in [-0.2, 0) is 4.79 Å². The van der Waals surface area contributed by atoms with Gasteiger partial charge in [0.1, 0.15) is 6.10 Å². The molecule has 0 fully saturated rings. The number of carbonyl (C=O) groups is 1. The number of phenols is 1. The van der Waals surface area contributed by atoms with Crippen molar-refractivity contribution in [3.8, 4) is 5.75 Å². The Kier molecular flexibility index (Phi) is 3.97. The minimum Gasteiger partial charge on any atom is -0.505 e. The quantitative estimate of drug-likeness (QED) is 0.623. The number of aromatic hydroxyl groups is 1. The van der Waals surface area contributed by atoms with Gasteiger partial charge in [0.25, 0.3) is 0 Å². The Morgan fingerprint density at radius 1 is 1.29 bits per heavy atom. The summed E-state index contributed by atoms with van der Waals surface area (Å²) in [5.41, 5.74) is -0.310. The van der Waals surface area contributed by atoms with Gasteiger partial charge in [-0.3, -0.25) is 4.79 Å². The third-order valence-corrected chi connectivity index (χ3v) is 2.12. The lowest BCUT2D eigenvalue weighted by molar-refractivity contribution is -0.141. The van der Waals surface area contributed by atoms with Crippen molar-refractivity contribution in [2.24, 2.45) is 0 Å². The maximum absolute atomic E-state index is 12.9. The maximum atomic E-state index is 12.9. The zero-order valence-corrected chi connectivity index (χ0v) is 8.47. The van der Waals surface area contributed by atoms with Crippen LogP contribution in [0.2, 0.25) is 0 Å². The summed E-state index contributed by atoms with van der Waals surface area (Å²) in [6, 6.07) is 1.29. The first-order chi connectivity index (χ1) is 7.82. The molecule has 0 radical (unpaired) electrons. The van der Waals surface area contributed by atoms with Crippen LogP contribution in [-0.4, -0.2) is 32.5 Å². The molecule has 0 amide bonds. The van der Waals surface area contributed by atoms with Crippen molar-refractivity contribution in [1.29, 1.82) is 0 Å². The third kappa shape index (κ3) is 3.11. The lowest BCUT2D eigenvalue weighted by atomic mass is 10.0. The van der Waals surface area contributed by atoms with Gasteiger partial charge in [-0.05, 0) is 17.7 Å². The Morgan fingerprint density at radius 3 is 2.35 bits per heavy atom. The highest BCUT2D eigenvalue weighted by molar-refractivity contribution is 5.67. The van der Waals surface area contributed by atoms with E-state index >= 15 is 0 Å². The molecule has 94 valence electrons. The number of hydrogen-bond donors (Lipinski definition) is 4. The van der Waals surface area contributed by atoms with Gasteiger partial charge in [0.05, 0.1) is 12.5 Å². The Hall–Kier alpha value is -1.73. The molecule has 0 spiro atoms. The topological polar surface area (TPSA) is 98.0 Å². The Balaban J connectivity index is 2.96. The monoisotopic (exact) mass is 248 g/mol. The van der Waals surface area contributed by atoms with Gasteiger partial charge < -0.3 is 20.4 Å². The second-order valence-corrected chi connectivity index (χ2v) is 3.45. The summed E-state index contributed by atoms with van der Waals surface area (Å²) in [6.07, 6.45) is -4.18. The normalized spacial score (nSPS) is 14.4. The van der Waals surface area contributed by atoms with E-state index in [1.807, 2.05) is 0 Å². The molecule has 1 aromatic rings. The Bertz CT molecular complexity index is 412. The molecule has 4 N–H and O–H groups in total. The number of rotatable bonds is 4. The maximum Gasteiger partial charge on any atom is 0.306 e. The molecule has 0 bridgehead atoms. The van der Waals surface area contributed by atoms with Crippen LogP contribution in [0, 0.1) is 11.6 Å². The van der Waals surface area contributed by atoms with Crippen LogP contribution in [0.1, 0.15) is 18.1 Å². The summed E-state index contributed by atoms with van der Waals surface area (Å²) < 4.78 is 25.6. The van der Waals surface area contributed by atoms with Gasteiger partial charge in [-0.15, -0.1) is 0 Å². The number of halogens is 2. The van der Waals surface area contributed by atoms with Crippen LogP contribution in [0.4, 0.5) is 8.78 Å². The molecule has 0 aliphatic carbocycles. The average molecular weight is 248 g/mol. The number of carboxylic acids is 1. The number of aliphatic carboxylic acids is 1. The molecule has 1 rings (SSSR count). The van der Waals surface area contributed by atoms with Crippen molar-refractivity contribution >= 4 is 5.97 Å². The lowest BCUT2D eigenvalue weighted by Gasteiger charge is -2.16. The molecule has 2 atom stereocenters. The fraction of sp³-hybridized carbons (Fsp3) is 0.300. The highest BCUT2D eigenvalue weighted by Gasteiger charge is 2.23. The van der Waals surface area contributed by atoms with Crippen LogP contribution < -0.4 is 0 Å². The number of hydrogen-bond acceptors (Lipinski definition) is 4. The number of carboxylic acid groups (broad SMARTS) is 1. The summed E-state index contributed by atoms with van der Waals surface area (Å²) >= 11 is 0. The van der Waals surface area contributed by atoms with Crippen LogP contribution >= 0.6 is 0 Å². The van der Waals surface area contributed by atoms with Crippen molar-refractivity contribution in [1.82, 2.24) is 0 Å². The van der Waals surface area contributed by atoms with Crippen LogP contribution in [0.25, 0.3) is 0 Å².